The fraction of sp³-hybridized carbons (Fsp3) is 0.429. The molecule has 0 fully saturated rings. The van der Waals surface area contributed by atoms with Crippen LogP contribution in [-0.2, 0) is 9.59 Å². The highest BCUT2D eigenvalue weighted by Crippen LogP contribution is 2.27. The summed E-state index contributed by atoms with van der Waals surface area (Å²) in [6.45, 7) is 6.14. The fourth-order valence-corrected chi connectivity index (χ4v) is 1.80. The molecule has 0 saturated carbocycles. The zero-order valence-corrected chi connectivity index (χ0v) is 12.4. The lowest BCUT2D eigenvalue weighted by Crippen LogP contribution is -2.29. The van der Waals surface area contributed by atoms with Crippen molar-refractivity contribution in [2.45, 2.75) is 34.1 Å². The van der Waals surface area contributed by atoms with Crippen LogP contribution in [-0.4, -0.2) is 21.9 Å². The van der Waals surface area contributed by atoms with Crippen molar-refractivity contribution >= 4 is 23.3 Å². The molecule has 0 radical (unpaired) electrons. The van der Waals surface area contributed by atoms with Crippen LogP contribution in [0.15, 0.2) is 12.1 Å². The highest BCUT2D eigenvalue weighted by atomic mass is 16.6. The maximum absolute atomic E-state index is 11.9. The molecule has 7 nitrogen and oxygen atoms in total. The molecular weight excluding hydrogens is 276 g/mol. The van der Waals surface area contributed by atoms with E-state index in [0.717, 1.165) is 0 Å². The van der Waals surface area contributed by atoms with Gasteiger partial charge in [-0.05, 0) is 39.3 Å². The van der Waals surface area contributed by atoms with Crippen LogP contribution in [0.2, 0.25) is 0 Å². The zero-order chi connectivity index (χ0) is 16.4. The van der Waals surface area contributed by atoms with Crippen LogP contribution >= 0.6 is 0 Å². The van der Waals surface area contributed by atoms with Crippen LogP contribution in [0.1, 0.15) is 31.4 Å². The number of amides is 1. The van der Waals surface area contributed by atoms with Gasteiger partial charge >= 0.3 is 5.97 Å². The average molecular weight is 294 g/mol. The van der Waals surface area contributed by atoms with Crippen LogP contribution in [0, 0.1) is 29.4 Å². The first-order chi connectivity index (χ1) is 9.54. The summed E-state index contributed by atoms with van der Waals surface area (Å²) in [7, 11) is 0. The molecule has 0 spiro atoms. The van der Waals surface area contributed by atoms with Gasteiger partial charge in [0, 0.05) is 23.7 Å². The molecule has 0 unspecified atom stereocenters. The van der Waals surface area contributed by atoms with E-state index in [4.69, 9.17) is 5.11 Å². The van der Waals surface area contributed by atoms with Crippen molar-refractivity contribution in [3.63, 3.8) is 0 Å². The number of aryl methyl sites for hydroxylation is 2. The number of nitrogens with zero attached hydrogens (tertiary/aromatic N) is 1. The van der Waals surface area contributed by atoms with Crippen LogP contribution in [0.4, 0.5) is 11.4 Å². The Morgan fingerprint density at radius 1 is 1.29 bits per heavy atom. The molecule has 1 aromatic rings. The third kappa shape index (κ3) is 4.01. The van der Waals surface area contributed by atoms with Gasteiger partial charge in [0.05, 0.1) is 10.3 Å². The molecular formula is C14H18N2O5. The Kier molecular flexibility index (Phi) is 4.67. The smallest absolute Gasteiger partial charge is 0.309 e. The summed E-state index contributed by atoms with van der Waals surface area (Å²) in [5, 5.41) is 22.4. The fourth-order valence-electron chi connectivity index (χ4n) is 1.80. The van der Waals surface area contributed by atoms with E-state index in [1.54, 1.807) is 13.8 Å². The molecule has 0 aliphatic rings. The number of carbonyl (C=O) groups is 2. The van der Waals surface area contributed by atoms with Gasteiger partial charge in [-0.15, -0.1) is 0 Å². The monoisotopic (exact) mass is 294 g/mol. The molecule has 2 N–H and O–H groups in total. The van der Waals surface area contributed by atoms with Crippen LogP contribution < -0.4 is 5.32 Å². The Hall–Kier alpha value is -2.44. The Morgan fingerprint density at radius 2 is 1.86 bits per heavy atom. The van der Waals surface area contributed by atoms with Crippen molar-refractivity contribution in [3.05, 3.63) is 33.4 Å². The highest BCUT2D eigenvalue weighted by Gasteiger charge is 2.30. The van der Waals surface area contributed by atoms with Gasteiger partial charge in [0.15, 0.2) is 0 Å². The number of hydrogen-bond acceptors (Lipinski definition) is 4. The van der Waals surface area contributed by atoms with E-state index in [0.29, 0.717) is 16.8 Å². The first-order valence-electron chi connectivity index (χ1n) is 6.33. The summed E-state index contributed by atoms with van der Waals surface area (Å²) >= 11 is 0. The minimum Gasteiger partial charge on any atom is -0.481 e. The molecule has 0 aromatic heterocycles. The molecule has 114 valence electrons. The van der Waals surface area contributed by atoms with E-state index in [9.17, 15) is 19.7 Å². The summed E-state index contributed by atoms with van der Waals surface area (Å²) < 4.78 is 0. The number of carbonyl (C=O) groups excluding carboxylic acids is 1. The summed E-state index contributed by atoms with van der Waals surface area (Å²) in [6.07, 6.45) is -0.183. The molecule has 0 atom stereocenters. The maximum Gasteiger partial charge on any atom is 0.309 e. The van der Waals surface area contributed by atoms with Crippen LogP contribution in [0.5, 0.6) is 0 Å². The molecule has 0 saturated heterocycles. The number of carboxylic acid groups (broad SMARTS) is 1. The number of nitrogens with one attached hydrogen (secondary N) is 1. The average Bonchev–Trinajstić information content (AvgIpc) is 2.31. The Bertz CT molecular complexity index is 608. The van der Waals surface area contributed by atoms with Gasteiger partial charge in [-0.2, -0.15) is 0 Å². The number of rotatable bonds is 5. The van der Waals surface area contributed by atoms with Gasteiger partial charge in [0.25, 0.3) is 5.69 Å². The number of carboxylic acids is 1. The standard InChI is InChI=1S/C14H18N2O5/c1-8-6-11(16(20)21)9(2)5-10(8)15-12(17)7-14(3,4)13(18)19/h5-6H,7H2,1-4H3,(H,15,17)(H,18,19). The first kappa shape index (κ1) is 16.6. The van der Waals surface area contributed by atoms with Crippen molar-refractivity contribution in [2.24, 2.45) is 5.41 Å². The molecule has 0 aliphatic carbocycles. The number of nitro groups is 1. The number of hydrogen-bond donors (Lipinski definition) is 2. The van der Waals surface area contributed by atoms with Crippen molar-refractivity contribution < 1.29 is 19.6 Å². The second-order valence-corrected chi connectivity index (χ2v) is 5.62. The molecule has 0 aliphatic heterocycles. The third-order valence-corrected chi connectivity index (χ3v) is 3.20. The molecule has 0 heterocycles. The van der Waals surface area contributed by atoms with E-state index in [-0.39, 0.29) is 12.1 Å². The summed E-state index contributed by atoms with van der Waals surface area (Å²) in [5.74, 6) is -1.51. The van der Waals surface area contributed by atoms with Gasteiger partial charge in [0.2, 0.25) is 5.91 Å². The van der Waals surface area contributed by atoms with Gasteiger partial charge in [-0.3, -0.25) is 19.7 Å². The van der Waals surface area contributed by atoms with E-state index in [1.165, 1.54) is 26.0 Å². The van der Waals surface area contributed by atoms with E-state index < -0.39 is 22.2 Å². The molecule has 21 heavy (non-hydrogen) atoms. The second kappa shape index (κ2) is 5.90. The number of aliphatic carboxylic acids is 1. The predicted octanol–water partition coefficient (Wildman–Crippen LogP) is 2.65. The number of anilines is 1. The second-order valence-electron chi connectivity index (χ2n) is 5.62. The molecule has 1 rings (SSSR count). The minimum absolute atomic E-state index is 0.0173. The van der Waals surface area contributed by atoms with Crippen molar-refractivity contribution in [1.82, 2.24) is 0 Å². The topological polar surface area (TPSA) is 110 Å². The molecule has 1 amide bonds. The molecule has 0 bridgehead atoms. The normalized spacial score (nSPS) is 11.0. The third-order valence-electron chi connectivity index (χ3n) is 3.20. The quantitative estimate of drug-likeness (QED) is 0.640. The van der Waals surface area contributed by atoms with Gasteiger partial charge < -0.3 is 10.4 Å². The number of benzene rings is 1. The predicted molar refractivity (Wildman–Crippen MR) is 77.2 cm³/mol. The first-order valence-corrected chi connectivity index (χ1v) is 6.33. The van der Waals surface area contributed by atoms with Gasteiger partial charge in [-0.25, -0.2) is 0 Å². The van der Waals surface area contributed by atoms with Crippen molar-refractivity contribution in [2.75, 3.05) is 5.32 Å². The van der Waals surface area contributed by atoms with E-state index in [2.05, 4.69) is 5.32 Å². The van der Waals surface area contributed by atoms with Crippen LogP contribution in [0.3, 0.4) is 0 Å². The van der Waals surface area contributed by atoms with Crippen molar-refractivity contribution in [1.29, 1.82) is 0 Å². The number of nitro benzene ring substituents is 1. The Morgan fingerprint density at radius 3 is 2.33 bits per heavy atom. The SMILES string of the molecule is Cc1cc([N+](=O)[O-])c(C)cc1NC(=O)CC(C)(C)C(=O)O. The zero-order valence-electron chi connectivity index (χ0n) is 12.4. The minimum atomic E-state index is -1.17. The molecule has 7 heteroatoms. The summed E-state index contributed by atoms with van der Waals surface area (Å²) in [5.41, 5.74) is 0.237. The lowest BCUT2D eigenvalue weighted by atomic mass is 9.89. The Labute approximate surface area is 122 Å². The lowest BCUT2D eigenvalue weighted by Gasteiger charge is -2.18. The van der Waals surface area contributed by atoms with Crippen molar-refractivity contribution in [3.8, 4) is 0 Å². The Balaban J connectivity index is 2.94. The summed E-state index contributed by atoms with van der Waals surface area (Å²) in [4.78, 5) is 33.2. The maximum atomic E-state index is 11.9. The van der Waals surface area contributed by atoms with Gasteiger partial charge in [-0.1, -0.05) is 0 Å². The largest absolute Gasteiger partial charge is 0.481 e. The lowest BCUT2D eigenvalue weighted by molar-refractivity contribution is -0.385. The summed E-state index contributed by atoms with van der Waals surface area (Å²) in [6, 6.07) is 2.90. The molecule has 1 aromatic carbocycles. The van der Waals surface area contributed by atoms with E-state index in [1.807, 2.05) is 0 Å². The highest BCUT2D eigenvalue weighted by molar-refractivity contribution is 5.94. The van der Waals surface area contributed by atoms with E-state index >= 15 is 0 Å². The van der Waals surface area contributed by atoms with Gasteiger partial charge in [0.1, 0.15) is 0 Å². The van der Waals surface area contributed by atoms with Crippen LogP contribution in [0.25, 0.3) is 0 Å².